The van der Waals surface area contributed by atoms with Gasteiger partial charge in [0.25, 0.3) is 5.91 Å². The molecule has 0 fully saturated rings. The van der Waals surface area contributed by atoms with Crippen molar-refractivity contribution in [2.45, 2.75) is 26.8 Å². The lowest BCUT2D eigenvalue weighted by Gasteiger charge is -2.12. The Bertz CT molecular complexity index is 1020. The van der Waals surface area contributed by atoms with Crippen molar-refractivity contribution in [3.8, 4) is 16.9 Å². The summed E-state index contributed by atoms with van der Waals surface area (Å²) in [7, 11) is 1.59. The molecule has 1 heterocycles. The van der Waals surface area contributed by atoms with Gasteiger partial charge < -0.3 is 15.0 Å². The smallest absolute Gasteiger partial charge is 0.251 e. The summed E-state index contributed by atoms with van der Waals surface area (Å²) in [6.07, 6.45) is 0.638. The molecule has 146 valence electrons. The zero-order valence-electron chi connectivity index (χ0n) is 16.1. The van der Waals surface area contributed by atoms with E-state index in [1.165, 1.54) is 12.1 Å². The van der Waals surface area contributed by atoms with Gasteiger partial charge in [-0.25, -0.2) is 8.78 Å². The van der Waals surface area contributed by atoms with Crippen LogP contribution in [0.3, 0.4) is 0 Å². The minimum absolute atomic E-state index is 0.308. The third-order valence-electron chi connectivity index (χ3n) is 4.92. The lowest BCUT2D eigenvalue weighted by Crippen LogP contribution is -2.13. The second-order valence-electron chi connectivity index (χ2n) is 6.56. The maximum Gasteiger partial charge on any atom is 0.251 e. The highest BCUT2D eigenvalue weighted by atomic mass is 19.2. The van der Waals surface area contributed by atoms with E-state index < -0.39 is 17.5 Å². The van der Waals surface area contributed by atoms with E-state index in [4.69, 9.17) is 10.5 Å². The number of nitrogens with zero attached hydrogens (tertiary/aromatic N) is 1. The quantitative estimate of drug-likeness (QED) is 0.682. The third-order valence-corrected chi connectivity index (χ3v) is 4.92. The topological polar surface area (TPSA) is 57.2 Å². The number of halogens is 2. The summed E-state index contributed by atoms with van der Waals surface area (Å²) in [6, 6.07) is 11.2. The predicted octanol–water partition coefficient (Wildman–Crippen LogP) is 4.46. The van der Waals surface area contributed by atoms with Gasteiger partial charge in [-0.05, 0) is 48.7 Å². The van der Waals surface area contributed by atoms with Crippen molar-refractivity contribution >= 4 is 5.91 Å². The van der Waals surface area contributed by atoms with Crippen LogP contribution in [0.2, 0.25) is 0 Å². The van der Waals surface area contributed by atoms with Gasteiger partial charge in [0.05, 0.1) is 12.7 Å². The molecule has 0 spiro atoms. The molecule has 0 aliphatic carbocycles. The molecular formula is C22H22F2N2O2. The Morgan fingerprint density at radius 2 is 1.79 bits per heavy atom. The molecule has 2 N–H and O–H groups in total. The molecule has 6 heteroatoms. The first-order chi connectivity index (χ1) is 13.4. The van der Waals surface area contributed by atoms with Crippen molar-refractivity contribution in [2.75, 3.05) is 7.11 Å². The Morgan fingerprint density at radius 3 is 2.32 bits per heavy atom. The van der Waals surface area contributed by atoms with Gasteiger partial charge in [-0.15, -0.1) is 0 Å². The Morgan fingerprint density at radius 1 is 1.11 bits per heavy atom. The molecule has 0 aliphatic heterocycles. The highest BCUT2D eigenvalue weighted by Gasteiger charge is 2.24. The van der Waals surface area contributed by atoms with Crippen LogP contribution in [-0.2, 0) is 13.0 Å². The number of nitrogens with two attached hydrogens (primary N) is 1. The number of amides is 1. The maximum absolute atomic E-state index is 13.6. The number of benzene rings is 2. The van der Waals surface area contributed by atoms with Crippen molar-refractivity contribution in [3.63, 3.8) is 0 Å². The molecule has 1 amide bonds. The average molecular weight is 384 g/mol. The van der Waals surface area contributed by atoms with E-state index in [2.05, 4.69) is 0 Å². The third kappa shape index (κ3) is 3.50. The van der Waals surface area contributed by atoms with Crippen LogP contribution in [0.1, 0.15) is 34.2 Å². The number of rotatable bonds is 6. The van der Waals surface area contributed by atoms with Crippen LogP contribution >= 0.6 is 0 Å². The van der Waals surface area contributed by atoms with Gasteiger partial charge in [-0.1, -0.05) is 25.1 Å². The van der Waals surface area contributed by atoms with Crippen molar-refractivity contribution in [3.05, 3.63) is 76.6 Å². The molecule has 2 aromatic carbocycles. The number of carbonyl (C=O) groups is 1. The fourth-order valence-electron chi connectivity index (χ4n) is 3.57. The number of methoxy groups -OCH3 is 1. The van der Waals surface area contributed by atoms with Gasteiger partial charge in [0.1, 0.15) is 5.75 Å². The molecule has 28 heavy (non-hydrogen) atoms. The summed E-state index contributed by atoms with van der Waals surface area (Å²) in [5.41, 5.74) is 9.94. The SMILES string of the molecule is CCc1c(-c2ccc(OC)cc2)c(C(N)=O)c(C)n1Cc1ccc(F)c(F)c1. The molecule has 4 nitrogen and oxygen atoms in total. The van der Waals surface area contributed by atoms with Crippen molar-refractivity contribution < 1.29 is 18.3 Å². The van der Waals surface area contributed by atoms with Crippen LogP contribution in [0.15, 0.2) is 42.5 Å². The lowest BCUT2D eigenvalue weighted by atomic mass is 9.98. The molecule has 3 rings (SSSR count). The van der Waals surface area contributed by atoms with Gasteiger partial charge in [0.2, 0.25) is 0 Å². The molecule has 1 aromatic heterocycles. The fourth-order valence-corrected chi connectivity index (χ4v) is 3.57. The number of aromatic nitrogens is 1. The summed E-state index contributed by atoms with van der Waals surface area (Å²) < 4.78 is 34.1. The van der Waals surface area contributed by atoms with E-state index in [-0.39, 0.29) is 0 Å². The van der Waals surface area contributed by atoms with E-state index >= 15 is 0 Å². The van der Waals surface area contributed by atoms with E-state index in [0.717, 1.165) is 22.9 Å². The van der Waals surface area contributed by atoms with Crippen LogP contribution < -0.4 is 10.5 Å². The van der Waals surface area contributed by atoms with Crippen LogP contribution in [0.4, 0.5) is 8.78 Å². The number of hydrogen-bond acceptors (Lipinski definition) is 2. The second-order valence-corrected chi connectivity index (χ2v) is 6.56. The van der Waals surface area contributed by atoms with Gasteiger partial charge in [-0.2, -0.15) is 0 Å². The zero-order valence-corrected chi connectivity index (χ0v) is 16.1. The number of hydrogen-bond donors (Lipinski definition) is 1. The normalized spacial score (nSPS) is 10.9. The molecule has 0 radical (unpaired) electrons. The van der Waals surface area contributed by atoms with E-state index in [1.807, 2.05) is 42.7 Å². The number of primary amides is 1. The standard InChI is InChI=1S/C22H22F2N2O2/c1-4-19-21(15-6-8-16(28-3)9-7-15)20(22(25)27)13(2)26(19)12-14-5-10-17(23)18(24)11-14/h5-11H,4,12H2,1-3H3,(H2,25,27). The van der Waals surface area contributed by atoms with E-state index in [9.17, 15) is 13.6 Å². The first kappa shape index (κ1) is 19.6. The Kier molecular flexibility index (Phi) is 5.49. The molecule has 3 aromatic rings. The summed E-state index contributed by atoms with van der Waals surface area (Å²) >= 11 is 0. The average Bonchev–Trinajstić information content (AvgIpc) is 2.96. The van der Waals surface area contributed by atoms with Crippen molar-refractivity contribution in [1.82, 2.24) is 4.57 Å². The molecular weight excluding hydrogens is 362 g/mol. The lowest BCUT2D eigenvalue weighted by molar-refractivity contribution is 0.1000. The molecule has 0 saturated heterocycles. The number of ether oxygens (including phenoxy) is 1. The summed E-state index contributed by atoms with van der Waals surface area (Å²) in [4.78, 5) is 12.2. The van der Waals surface area contributed by atoms with Crippen LogP contribution in [-0.4, -0.2) is 17.6 Å². The van der Waals surface area contributed by atoms with Gasteiger partial charge in [0, 0.05) is 23.5 Å². The zero-order chi connectivity index (χ0) is 20.4. The van der Waals surface area contributed by atoms with Crippen LogP contribution in [0.5, 0.6) is 5.75 Å². The first-order valence-corrected chi connectivity index (χ1v) is 8.97. The minimum atomic E-state index is -0.897. The summed E-state index contributed by atoms with van der Waals surface area (Å²) in [5, 5.41) is 0. The fraction of sp³-hybridized carbons (Fsp3) is 0.227. The van der Waals surface area contributed by atoms with Crippen molar-refractivity contribution in [2.24, 2.45) is 5.73 Å². The highest BCUT2D eigenvalue weighted by molar-refractivity contribution is 6.02. The van der Waals surface area contributed by atoms with E-state index in [1.54, 1.807) is 7.11 Å². The van der Waals surface area contributed by atoms with Crippen LogP contribution in [0.25, 0.3) is 11.1 Å². The van der Waals surface area contributed by atoms with Gasteiger partial charge in [0.15, 0.2) is 11.6 Å². The van der Waals surface area contributed by atoms with E-state index in [0.29, 0.717) is 35.5 Å². The largest absolute Gasteiger partial charge is 0.497 e. The number of carbonyl (C=O) groups excluding carboxylic acids is 1. The molecule has 0 unspecified atom stereocenters. The highest BCUT2D eigenvalue weighted by Crippen LogP contribution is 2.34. The summed E-state index contributed by atoms with van der Waals surface area (Å²) in [6.45, 7) is 4.10. The Labute approximate surface area is 162 Å². The summed E-state index contributed by atoms with van der Waals surface area (Å²) in [5.74, 6) is -1.60. The molecule has 0 saturated carbocycles. The monoisotopic (exact) mass is 384 g/mol. The molecule has 0 aliphatic rings. The Hall–Kier alpha value is -3.15. The van der Waals surface area contributed by atoms with Crippen LogP contribution in [0, 0.1) is 18.6 Å². The second kappa shape index (κ2) is 7.84. The Balaban J connectivity index is 2.17. The molecule has 0 bridgehead atoms. The van der Waals surface area contributed by atoms with Gasteiger partial charge in [-0.3, -0.25) is 4.79 Å². The predicted molar refractivity (Wildman–Crippen MR) is 105 cm³/mol. The molecule has 0 atom stereocenters. The van der Waals surface area contributed by atoms with Gasteiger partial charge >= 0.3 is 0 Å². The van der Waals surface area contributed by atoms with Crippen molar-refractivity contribution in [1.29, 1.82) is 0 Å². The minimum Gasteiger partial charge on any atom is -0.497 e. The maximum atomic E-state index is 13.6. The first-order valence-electron chi connectivity index (χ1n) is 8.97.